The summed E-state index contributed by atoms with van der Waals surface area (Å²) in [6.45, 7) is 5.18. The van der Waals surface area contributed by atoms with Crippen molar-refractivity contribution in [1.29, 1.82) is 0 Å². The molecule has 1 aliphatic rings. The molecule has 0 radical (unpaired) electrons. The van der Waals surface area contributed by atoms with E-state index in [0.717, 1.165) is 29.8 Å². The molecule has 0 unspecified atom stereocenters. The van der Waals surface area contributed by atoms with E-state index in [-0.39, 0.29) is 17.7 Å². The summed E-state index contributed by atoms with van der Waals surface area (Å²) in [5, 5.41) is 7.01. The second-order valence-electron chi connectivity index (χ2n) is 5.76. The molecule has 1 aromatic heterocycles. The van der Waals surface area contributed by atoms with Crippen LogP contribution in [0.2, 0.25) is 0 Å². The van der Waals surface area contributed by atoms with Crippen LogP contribution in [-0.2, 0) is 16.6 Å². The molecule has 0 saturated carbocycles. The topological polar surface area (TPSA) is 67.2 Å². The Balaban J connectivity index is 1.96. The van der Waals surface area contributed by atoms with Gasteiger partial charge in [-0.25, -0.2) is 0 Å². The van der Waals surface area contributed by atoms with Crippen LogP contribution in [-0.4, -0.2) is 46.6 Å². The van der Waals surface area contributed by atoms with Gasteiger partial charge in [0.25, 0.3) is 0 Å². The minimum atomic E-state index is -0.00184. The van der Waals surface area contributed by atoms with Gasteiger partial charge in [-0.1, -0.05) is 0 Å². The van der Waals surface area contributed by atoms with E-state index in [4.69, 9.17) is 0 Å². The number of piperidine rings is 1. The highest BCUT2D eigenvalue weighted by molar-refractivity contribution is 5.92. The third-order valence-electron chi connectivity index (χ3n) is 4.38. The van der Waals surface area contributed by atoms with Gasteiger partial charge in [0.2, 0.25) is 11.8 Å². The van der Waals surface area contributed by atoms with Gasteiger partial charge in [0, 0.05) is 50.4 Å². The lowest BCUT2D eigenvalue weighted by molar-refractivity contribution is -0.131. The van der Waals surface area contributed by atoms with Gasteiger partial charge in [0.1, 0.15) is 0 Å². The van der Waals surface area contributed by atoms with E-state index in [1.165, 1.54) is 0 Å². The van der Waals surface area contributed by atoms with Crippen molar-refractivity contribution in [3.8, 4) is 0 Å². The molecule has 0 atom stereocenters. The monoisotopic (exact) mass is 304 g/mol. The van der Waals surface area contributed by atoms with Gasteiger partial charge in [0.15, 0.2) is 0 Å². The molecule has 1 N–H and O–H groups in total. The van der Waals surface area contributed by atoms with Gasteiger partial charge in [-0.05, 0) is 32.8 Å². The summed E-state index contributed by atoms with van der Waals surface area (Å²) in [5.41, 5.74) is 2.96. The number of amides is 2. The molecule has 2 rings (SSSR count). The Morgan fingerprint density at radius 3 is 2.41 bits per heavy atom. The third-order valence-corrected chi connectivity index (χ3v) is 4.38. The number of nitrogens with zero attached hydrogens (tertiary/aromatic N) is 3. The van der Waals surface area contributed by atoms with Gasteiger partial charge in [-0.15, -0.1) is 0 Å². The Bertz CT molecular complexity index is 596. The van der Waals surface area contributed by atoms with Crippen molar-refractivity contribution in [2.24, 2.45) is 13.0 Å². The quantitative estimate of drug-likeness (QED) is 0.848. The fourth-order valence-corrected chi connectivity index (χ4v) is 2.86. The van der Waals surface area contributed by atoms with Gasteiger partial charge < -0.3 is 10.2 Å². The van der Waals surface area contributed by atoms with Crippen LogP contribution in [0.4, 0.5) is 0 Å². The molecule has 0 spiro atoms. The van der Waals surface area contributed by atoms with Crippen LogP contribution in [0.5, 0.6) is 0 Å². The number of nitrogens with one attached hydrogen (secondary N) is 1. The molecule has 0 aromatic carbocycles. The van der Waals surface area contributed by atoms with Crippen molar-refractivity contribution in [2.75, 3.05) is 20.1 Å². The first-order chi connectivity index (χ1) is 10.4. The highest BCUT2D eigenvalue weighted by Crippen LogP contribution is 2.18. The van der Waals surface area contributed by atoms with Crippen LogP contribution in [0.3, 0.4) is 0 Å². The Morgan fingerprint density at radius 2 is 1.91 bits per heavy atom. The van der Waals surface area contributed by atoms with Crippen molar-refractivity contribution >= 4 is 17.9 Å². The van der Waals surface area contributed by atoms with E-state index in [1.54, 1.807) is 18.0 Å². The number of likely N-dealkylation sites (tertiary alicyclic amines) is 1. The Labute approximate surface area is 131 Å². The number of carbonyl (C=O) groups is 2. The molecule has 1 aliphatic heterocycles. The fraction of sp³-hybridized carbons (Fsp3) is 0.562. The molecule has 0 aliphatic carbocycles. The first-order valence-corrected chi connectivity index (χ1v) is 7.62. The lowest BCUT2D eigenvalue weighted by atomic mass is 9.96. The molecule has 2 heterocycles. The summed E-state index contributed by atoms with van der Waals surface area (Å²) in [6, 6.07) is 0. The number of carbonyl (C=O) groups excluding carboxylic acids is 2. The molecular formula is C16H24N4O2. The van der Waals surface area contributed by atoms with Gasteiger partial charge >= 0.3 is 0 Å². The second-order valence-corrected chi connectivity index (χ2v) is 5.76. The largest absolute Gasteiger partial charge is 0.359 e. The van der Waals surface area contributed by atoms with Gasteiger partial charge in [0.05, 0.1) is 5.69 Å². The van der Waals surface area contributed by atoms with Crippen LogP contribution >= 0.6 is 0 Å². The molecule has 2 amide bonds. The molecule has 22 heavy (non-hydrogen) atoms. The highest BCUT2D eigenvalue weighted by Gasteiger charge is 2.25. The number of aromatic nitrogens is 2. The number of rotatable bonds is 3. The van der Waals surface area contributed by atoms with Crippen LogP contribution in [0.15, 0.2) is 6.08 Å². The zero-order chi connectivity index (χ0) is 16.3. The van der Waals surface area contributed by atoms with E-state index in [9.17, 15) is 9.59 Å². The van der Waals surface area contributed by atoms with Crippen LogP contribution < -0.4 is 5.32 Å². The van der Waals surface area contributed by atoms with Crippen molar-refractivity contribution in [3.05, 3.63) is 23.0 Å². The Kier molecular flexibility index (Phi) is 5.00. The minimum absolute atomic E-state index is 0.00184. The molecule has 1 fully saturated rings. The van der Waals surface area contributed by atoms with E-state index in [2.05, 4.69) is 10.4 Å². The SMILES string of the molecule is CNC(=O)C1CCN(C(=O)/C=C/c2c(C)nn(C)c2C)CC1. The number of hydrogen-bond donors (Lipinski definition) is 1. The first kappa shape index (κ1) is 16.3. The van der Waals surface area contributed by atoms with Crippen molar-refractivity contribution in [3.63, 3.8) is 0 Å². The average molecular weight is 304 g/mol. The molecule has 1 aromatic rings. The van der Waals surface area contributed by atoms with Crippen molar-refractivity contribution in [1.82, 2.24) is 20.0 Å². The zero-order valence-corrected chi connectivity index (χ0v) is 13.7. The van der Waals surface area contributed by atoms with Gasteiger partial charge in [-0.3, -0.25) is 14.3 Å². The highest BCUT2D eigenvalue weighted by atomic mass is 16.2. The summed E-state index contributed by atoms with van der Waals surface area (Å²) < 4.78 is 1.81. The Morgan fingerprint density at radius 1 is 1.27 bits per heavy atom. The van der Waals surface area contributed by atoms with Crippen LogP contribution in [0, 0.1) is 19.8 Å². The first-order valence-electron chi connectivity index (χ1n) is 7.62. The number of aryl methyl sites for hydroxylation is 2. The van der Waals surface area contributed by atoms with Crippen molar-refractivity contribution < 1.29 is 9.59 Å². The summed E-state index contributed by atoms with van der Waals surface area (Å²) in [5.74, 6) is 0.100. The van der Waals surface area contributed by atoms with Crippen LogP contribution in [0.1, 0.15) is 29.8 Å². The molecule has 1 saturated heterocycles. The van der Waals surface area contributed by atoms with E-state index in [0.29, 0.717) is 13.1 Å². The van der Waals surface area contributed by atoms with Gasteiger partial charge in [-0.2, -0.15) is 5.10 Å². The minimum Gasteiger partial charge on any atom is -0.359 e. The summed E-state index contributed by atoms with van der Waals surface area (Å²) in [6.07, 6.45) is 4.90. The smallest absolute Gasteiger partial charge is 0.246 e. The van der Waals surface area contributed by atoms with Crippen molar-refractivity contribution in [2.45, 2.75) is 26.7 Å². The predicted molar refractivity (Wildman–Crippen MR) is 85.1 cm³/mol. The van der Waals surface area contributed by atoms with E-state index < -0.39 is 0 Å². The van der Waals surface area contributed by atoms with E-state index in [1.807, 2.05) is 31.7 Å². The maximum Gasteiger partial charge on any atom is 0.246 e. The summed E-state index contributed by atoms with van der Waals surface area (Å²) >= 11 is 0. The lowest BCUT2D eigenvalue weighted by Crippen LogP contribution is -2.41. The maximum absolute atomic E-state index is 12.3. The predicted octanol–water partition coefficient (Wildman–Crippen LogP) is 1.03. The average Bonchev–Trinajstić information content (AvgIpc) is 2.77. The fourth-order valence-electron chi connectivity index (χ4n) is 2.86. The normalized spacial score (nSPS) is 16.3. The maximum atomic E-state index is 12.3. The molecule has 120 valence electrons. The second kappa shape index (κ2) is 6.77. The lowest BCUT2D eigenvalue weighted by Gasteiger charge is -2.30. The summed E-state index contributed by atoms with van der Waals surface area (Å²) in [4.78, 5) is 25.7. The molecular weight excluding hydrogens is 280 g/mol. The van der Waals surface area contributed by atoms with E-state index >= 15 is 0 Å². The van der Waals surface area contributed by atoms with Crippen LogP contribution in [0.25, 0.3) is 6.08 Å². The summed E-state index contributed by atoms with van der Waals surface area (Å²) in [7, 11) is 3.55. The molecule has 6 nitrogen and oxygen atoms in total. The third kappa shape index (κ3) is 3.37. The zero-order valence-electron chi connectivity index (χ0n) is 13.7. The Hall–Kier alpha value is -2.11. The standard InChI is InChI=1S/C16H24N4O2/c1-11-14(12(2)19(4)18-11)5-6-15(21)20-9-7-13(8-10-20)16(22)17-3/h5-6,13H,7-10H2,1-4H3,(H,17,22)/b6-5+. The molecule has 0 bridgehead atoms. The molecule has 6 heteroatoms. The number of hydrogen-bond acceptors (Lipinski definition) is 3.